The number of piperazine rings is 1. The molecule has 0 aliphatic carbocycles. The van der Waals surface area contributed by atoms with Gasteiger partial charge in [0.15, 0.2) is 0 Å². The summed E-state index contributed by atoms with van der Waals surface area (Å²) in [6.07, 6.45) is 4.73. The Bertz CT molecular complexity index is 1930. The normalized spacial score (nSPS) is 16.6. The van der Waals surface area contributed by atoms with Crippen LogP contribution < -0.4 is 14.2 Å². The third-order valence-corrected chi connectivity index (χ3v) is 10.2. The Hall–Kier alpha value is -4.66. The van der Waals surface area contributed by atoms with Crippen molar-refractivity contribution in [1.82, 2.24) is 19.7 Å². The molecule has 2 aliphatic heterocycles. The van der Waals surface area contributed by atoms with Crippen LogP contribution in [0.25, 0.3) is 11.1 Å². The predicted molar refractivity (Wildman–Crippen MR) is 201 cm³/mol. The van der Waals surface area contributed by atoms with E-state index < -0.39 is 0 Å². The number of nitriles is 1. The molecule has 1 N–H and O–H groups in total. The molecule has 6 rings (SSSR count). The number of hydrogen-bond acceptors (Lipinski definition) is 9. The average Bonchev–Trinajstić information content (AvgIpc) is 3.56. The van der Waals surface area contributed by atoms with Crippen molar-refractivity contribution < 1.29 is 24.1 Å². The van der Waals surface area contributed by atoms with E-state index in [1.54, 1.807) is 17.2 Å². The molecule has 11 heteroatoms. The summed E-state index contributed by atoms with van der Waals surface area (Å²) in [5, 5.41) is 19.6. The van der Waals surface area contributed by atoms with E-state index in [2.05, 4.69) is 52.9 Å². The number of likely N-dealkylation sites (tertiary alicyclic amines) is 1. The second-order valence-corrected chi connectivity index (χ2v) is 14.1. The maximum atomic E-state index is 12.4. The van der Waals surface area contributed by atoms with Crippen LogP contribution >= 0.6 is 11.6 Å². The van der Waals surface area contributed by atoms with Gasteiger partial charge >= 0.3 is 0 Å². The Labute approximate surface area is 311 Å². The van der Waals surface area contributed by atoms with Crippen LogP contribution in [0.15, 0.2) is 67.0 Å². The lowest BCUT2D eigenvalue weighted by molar-refractivity contribution is -0.134. The summed E-state index contributed by atoms with van der Waals surface area (Å²) in [6.45, 7) is 10.1. The molecule has 0 spiro atoms. The number of halogens is 1. The van der Waals surface area contributed by atoms with Crippen LogP contribution in [0.4, 0.5) is 0 Å². The van der Waals surface area contributed by atoms with E-state index in [0.717, 1.165) is 83.7 Å². The molecule has 3 heterocycles. The molecule has 0 unspecified atom stereocenters. The van der Waals surface area contributed by atoms with Crippen molar-refractivity contribution in [2.45, 2.75) is 52.6 Å². The van der Waals surface area contributed by atoms with Crippen molar-refractivity contribution in [1.29, 1.82) is 5.26 Å². The van der Waals surface area contributed by atoms with Crippen molar-refractivity contribution in [3.8, 4) is 34.4 Å². The lowest BCUT2D eigenvalue weighted by atomic mass is 9.93. The first kappa shape index (κ1) is 37.1. The quantitative estimate of drug-likeness (QED) is 0.153. The van der Waals surface area contributed by atoms with Gasteiger partial charge in [0.2, 0.25) is 5.91 Å². The summed E-state index contributed by atoms with van der Waals surface area (Å²) >= 11 is 6.85. The van der Waals surface area contributed by atoms with E-state index in [4.69, 9.17) is 25.8 Å². The van der Waals surface area contributed by atoms with E-state index >= 15 is 0 Å². The zero-order chi connectivity index (χ0) is 36.6. The highest BCUT2D eigenvalue weighted by molar-refractivity contribution is 6.32. The molecule has 52 heavy (non-hydrogen) atoms. The number of aliphatic hydroxyl groups excluding tert-OH is 1. The van der Waals surface area contributed by atoms with Crippen molar-refractivity contribution in [3.63, 3.8) is 0 Å². The van der Waals surface area contributed by atoms with Gasteiger partial charge in [-0.15, -0.1) is 0 Å². The molecule has 3 aromatic carbocycles. The molecule has 0 bridgehead atoms. The minimum absolute atomic E-state index is 0.0707. The Kier molecular flexibility index (Phi) is 12.3. The van der Waals surface area contributed by atoms with Crippen molar-refractivity contribution >= 4 is 17.5 Å². The van der Waals surface area contributed by atoms with E-state index in [9.17, 15) is 15.2 Å². The molecule has 2 saturated heterocycles. The van der Waals surface area contributed by atoms with Gasteiger partial charge in [0.25, 0.3) is 0 Å². The topological polar surface area (TPSA) is 111 Å². The van der Waals surface area contributed by atoms with Crippen molar-refractivity contribution in [2.24, 2.45) is 0 Å². The first-order valence-electron chi connectivity index (χ1n) is 17.8. The highest BCUT2D eigenvalue weighted by Gasteiger charge is 2.23. The second kappa shape index (κ2) is 17.2. The molecule has 0 radical (unpaired) electrons. The van der Waals surface area contributed by atoms with E-state index in [-0.39, 0.29) is 18.6 Å². The first-order chi connectivity index (χ1) is 25.2. The number of hydrogen-bond donors (Lipinski definition) is 1. The predicted octanol–water partition coefficient (Wildman–Crippen LogP) is 6.16. The number of ether oxygens (including phenoxy) is 3. The highest BCUT2D eigenvalue weighted by atomic mass is 35.5. The Morgan fingerprint density at radius 1 is 0.904 bits per heavy atom. The van der Waals surface area contributed by atoms with Gasteiger partial charge in [0.05, 0.1) is 29.8 Å². The number of nitrogens with zero attached hydrogens (tertiary/aromatic N) is 5. The maximum absolute atomic E-state index is 12.4. The molecule has 1 atom stereocenters. The van der Waals surface area contributed by atoms with Gasteiger partial charge < -0.3 is 29.1 Å². The number of pyridine rings is 1. The molecule has 2 aliphatic rings. The van der Waals surface area contributed by atoms with Gasteiger partial charge in [-0.2, -0.15) is 5.26 Å². The first-order valence-corrected chi connectivity index (χ1v) is 18.2. The smallest absolute Gasteiger partial charge is 0.236 e. The molecule has 1 amide bonds. The number of carbonyl (C=O) groups is 1. The summed E-state index contributed by atoms with van der Waals surface area (Å²) in [5.41, 5.74) is 7.48. The summed E-state index contributed by atoms with van der Waals surface area (Å²) in [6, 6.07) is 19.9. The van der Waals surface area contributed by atoms with Gasteiger partial charge in [-0.25, -0.2) is 0 Å². The molecule has 0 saturated carbocycles. The van der Waals surface area contributed by atoms with Crippen LogP contribution in [0.1, 0.15) is 46.2 Å². The summed E-state index contributed by atoms with van der Waals surface area (Å²) in [7, 11) is 1.82. The number of benzene rings is 3. The van der Waals surface area contributed by atoms with Crippen molar-refractivity contribution in [2.75, 3.05) is 52.9 Å². The average molecular weight is 724 g/mol. The van der Waals surface area contributed by atoms with Gasteiger partial charge in [-0.05, 0) is 72.7 Å². The van der Waals surface area contributed by atoms with Crippen LogP contribution in [0.3, 0.4) is 0 Å². The summed E-state index contributed by atoms with van der Waals surface area (Å²) in [4.78, 5) is 22.7. The van der Waals surface area contributed by atoms with Crippen LogP contribution in [0, 0.1) is 25.2 Å². The third-order valence-electron chi connectivity index (χ3n) is 9.89. The molecular formula is C41H46ClN5O5. The van der Waals surface area contributed by atoms with Crippen LogP contribution in [0.5, 0.6) is 17.2 Å². The lowest BCUT2D eigenvalue weighted by Gasteiger charge is -2.32. The Morgan fingerprint density at radius 3 is 2.46 bits per heavy atom. The van der Waals surface area contributed by atoms with Gasteiger partial charge in [-0.3, -0.25) is 14.7 Å². The van der Waals surface area contributed by atoms with E-state index in [1.807, 2.05) is 37.4 Å². The SMILES string of the molecule is Cc1c(COc2cc(OCc3cncc(C#N)c3)c(CN3CCN(C)C(=O)C3)cc2Cl)cccc1-c1cccc(OCCCN2CC[C@@H](O)C2)c1C. The fourth-order valence-corrected chi connectivity index (χ4v) is 6.99. The molecule has 10 nitrogen and oxygen atoms in total. The fraction of sp³-hybridized carbons (Fsp3) is 0.390. The summed E-state index contributed by atoms with van der Waals surface area (Å²) in [5.74, 6) is 2.01. The molecule has 2 fully saturated rings. The van der Waals surface area contributed by atoms with Crippen LogP contribution in [0.2, 0.25) is 5.02 Å². The number of amides is 1. The largest absolute Gasteiger partial charge is 0.493 e. The zero-order valence-corrected chi connectivity index (χ0v) is 30.9. The number of carbonyl (C=O) groups excluding carboxylic acids is 1. The van der Waals surface area contributed by atoms with E-state index in [1.165, 1.54) is 6.20 Å². The Balaban J connectivity index is 1.17. The molecule has 1 aromatic heterocycles. The minimum Gasteiger partial charge on any atom is -0.493 e. The third kappa shape index (κ3) is 9.22. The second-order valence-electron chi connectivity index (χ2n) is 13.7. The van der Waals surface area contributed by atoms with Gasteiger partial charge in [0.1, 0.15) is 36.5 Å². The number of aromatic nitrogens is 1. The number of rotatable bonds is 14. The fourth-order valence-electron chi connectivity index (χ4n) is 6.75. The Morgan fingerprint density at radius 2 is 1.69 bits per heavy atom. The highest BCUT2D eigenvalue weighted by Crippen LogP contribution is 2.37. The van der Waals surface area contributed by atoms with Crippen LogP contribution in [-0.4, -0.2) is 89.7 Å². The number of aliphatic hydroxyl groups is 1. The number of β-amino-alcohol motifs (C(OH)–C–C–N with tert-alkyl or cyclic N) is 1. The van der Waals surface area contributed by atoms with Gasteiger partial charge in [-0.1, -0.05) is 41.9 Å². The minimum atomic E-state index is -0.206. The zero-order valence-electron chi connectivity index (χ0n) is 30.1. The molecule has 4 aromatic rings. The monoisotopic (exact) mass is 723 g/mol. The summed E-state index contributed by atoms with van der Waals surface area (Å²) < 4.78 is 18.9. The number of likely N-dealkylation sites (N-methyl/N-ethyl adjacent to an activating group) is 1. The lowest BCUT2D eigenvalue weighted by Crippen LogP contribution is -2.48. The van der Waals surface area contributed by atoms with E-state index in [0.29, 0.717) is 54.9 Å². The standard InChI is InChI=1S/C41H46ClN5O5/c1-28-32(7-4-8-35(28)36-9-5-10-38(29(36)2)50-16-6-12-46-13-11-34(48)24-46)27-52-40-19-39(51-26-31-17-30(20-43)21-44-22-31)33(18-37(40)42)23-47-15-14-45(3)41(49)25-47/h4-5,7-10,17-19,21-22,34,48H,6,11-16,23-27H2,1-3H3/t34-/m1/s1. The maximum Gasteiger partial charge on any atom is 0.236 e. The van der Waals surface area contributed by atoms with Crippen LogP contribution in [-0.2, 0) is 24.6 Å². The molecule has 272 valence electrons. The molecular weight excluding hydrogens is 678 g/mol. The van der Waals surface area contributed by atoms with Crippen molar-refractivity contribution in [3.05, 3.63) is 105 Å². The van der Waals surface area contributed by atoms with Gasteiger partial charge in [0, 0.05) is 75.9 Å².